The highest BCUT2D eigenvalue weighted by Gasteiger charge is 2.33. The highest BCUT2D eigenvalue weighted by Crippen LogP contribution is 2.35. The molecule has 1 unspecified atom stereocenters. The highest BCUT2D eigenvalue weighted by atomic mass is 32.1. The van der Waals surface area contributed by atoms with Crippen LogP contribution in [0.15, 0.2) is 89.4 Å². The van der Waals surface area contributed by atoms with Gasteiger partial charge in [-0.2, -0.15) is 0 Å². The average Bonchev–Trinajstić information content (AvgIpc) is 3.91. The Kier molecular flexibility index (Phi) is 10.9. The quantitative estimate of drug-likeness (QED) is 0.136. The maximum absolute atomic E-state index is 14.1. The Bertz CT molecular complexity index is 1860. The van der Waals surface area contributed by atoms with Gasteiger partial charge in [-0.3, -0.25) is 14.6 Å². The Morgan fingerprint density at radius 3 is 2.59 bits per heavy atom. The topological polar surface area (TPSA) is 133 Å². The number of aliphatic hydroxyl groups is 1. The lowest BCUT2D eigenvalue weighted by Gasteiger charge is -2.26. The van der Waals surface area contributed by atoms with Crippen LogP contribution in [-0.4, -0.2) is 62.0 Å². The Labute approximate surface area is 290 Å². The van der Waals surface area contributed by atoms with Gasteiger partial charge in [0.15, 0.2) is 12.2 Å². The number of amides is 2. The van der Waals surface area contributed by atoms with Gasteiger partial charge < -0.3 is 25.1 Å². The number of thiazole rings is 1. The summed E-state index contributed by atoms with van der Waals surface area (Å²) in [5, 5.41) is 20.8. The first kappa shape index (κ1) is 34.2. The monoisotopic (exact) mass is 678 g/mol. The number of benzene rings is 2. The van der Waals surface area contributed by atoms with Crippen LogP contribution in [0.5, 0.6) is 0 Å². The lowest BCUT2D eigenvalue weighted by Crippen LogP contribution is -2.48. The summed E-state index contributed by atoms with van der Waals surface area (Å²) in [6, 6.07) is 16.2. The minimum absolute atomic E-state index is 0.112. The number of nitrogens with zero attached hydrogens (tertiary/aromatic N) is 4. The molecule has 3 aromatic heterocycles. The first-order chi connectivity index (χ1) is 23.7. The van der Waals surface area contributed by atoms with Gasteiger partial charge in [0.25, 0.3) is 11.8 Å². The van der Waals surface area contributed by atoms with Crippen molar-refractivity contribution >= 4 is 23.2 Å². The number of aryl methyl sites for hydroxylation is 1. The van der Waals surface area contributed by atoms with E-state index in [-0.39, 0.29) is 24.1 Å². The molecule has 11 heteroatoms. The molecule has 6 rings (SSSR count). The van der Waals surface area contributed by atoms with Gasteiger partial charge in [0, 0.05) is 59.8 Å². The Morgan fingerprint density at radius 2 is 1.86 bits per heavy atom. The minimum Gasteiger partial charge on any atom is -0.444 e. The molecule has 5 aromatic rings. The number of aliphatic hydroxyl groups excluding tert-OH is 1. The van der Waals surface area contributed by atoms with E-state index >= 15 is 0 Å². The summed E-state index contributed by atoms with van der Waals surface area (Å²) >= 11 is 1.56. The van der Waals surface area contributed by atoms with E-state index in [1.165, 1.54) is 6.39 Å². The van der Waals surface area contributed by atoms with Crippen LogP contribution in [-0.2, 0) is 13.0 Å². The summed E-state index contributed by atoms with van der Waals surface area (Å²) in [6.07, 6.45) is 7.78. The van der Waals surface area contributed by atoms with Gasteiger partial charge in [-0.15, -0.1) is 11.3 Å². The second-order valence-corrected chi connectivity index (χ2v) is 13.8. The van der Waals surface area contributed by atoms with Crippen molar-refractivity contribution in [2.75, 3.05) is 13.1 Å². The number of nitrogens with one attached hydrogen (secondary N) is 2. The lowest BCUT2D eigenvalue weighted by atomic mass is 9.99. The van der Waals surface area contributed by atoms with E-state index < -0.39 is 18.1 Å². The molecule has 3 N–H and O–H groups in total. The average molecular weight is 679 g/mol. The minimum atomic E-state index is -0.906. The summed E-state index contributed by atoms with van der Waals surface area (Å²) in [5.41, 5.74) is 5.31. The van der Waals surface area contributed by atoms with Crippen LogP contribution >= 0.6 is 11.3 Å². The van der Waals surface area contributed by atoms with E-state index in [1.807, 2.05) is 59.9 Å². The van der Waals surface area contributed by atoms with E-state index in [2.05, 4.69) is 45.5 Å². The van der Waals surface area contributed by atoms with Crippen molar-refractivity contribution < 1.29 is 19.1 Å². The zero-order chi connectivity index (χ0) is 34.3. The Balaban J connectivity index is 1.23. The third kappa shape index (κ3) is 8.48. The fourth-order valence-corrected chi connectivity index (χ4v) is 7.11. The number of pyridine rings is 1. The maximum atomic E-state index is 14.1. The molecule has 3 atom stereocenters. The molecule has 0 spiro atoms. The second-order valence-electron chi connectivity index (χ2n) is 12.9. The molecule has 1 aliphatic rings. The van der Waals surface area contributed by atoms with Crippen molar-refractivity contribution in [3.05, 3.63) is 123 Å². The number of rotatable bonds is 13. The summed E-state index contributed by atoms with van der Waals surface area (Å²) in [7, 11) is 0. The van der Waals surface area contributed by atoms with Crippen molar-refractivity contribution in [3.8, 4) is 11.3 Å². The summed E-state index contributed by atoms with van der Waals surface area (Å²) in [6.45, 7) is 7.58. The molecule has 254 valence electrons. The molecule has 4 heterocycles. The number of oxazole rings is 1. The van der Waals surface area contributed by atoms with Crippen molar-refractivity contribution in [1.29, 1.82) is 0 Å². The van der Waals surface area contributed by atoms with Crippen LogP contribution in [0.4, 0.5) is 0 Å². The van der Waals surface area contributed by atoms with Gasteiger partial charge in [0.05, 0.1) is 24.4 Å². The smallest absolute Gasteiger partial charge is 0.254 e. The van der Waals surface area contributed by atoms with Gasteiger partial charge in [0.2, 0.25) is 0 Å². The van der Waals surface area contributed by atoms with Crippen LogP contribution in [0.25, 0.3) is 11.3 Å². The standard InChI is InChI=1S/C38H42N6O4S/c1-24(2)31-12-27(17-39-19-31)18-40-20-34(45)32(13-26-8-5-4-6-9-26)43-36(46)29-14-28(35-21-41-23-48-35)15-30(16-29)38(47)44-11-7-10-33(44)37-42-25(3)22-49-37/h4-6,8-9,12,14-17,19,21-24,32-34,40,45H,7,10-11,13,18,20H2,1-3H3,(H,43,46)/t32-,33?,34+/m0/s1. The number of aromatic nitrogens is 3. The molecule has 0 aliphatic carbocycles. The molecule has 2 amide bonds. The molecule has 10 nitrogen and oxygen atoms in total. The molecular weight excluding hydrogens is 637 g/mol. The Hall–Kier alpha value is -4.71. The van der Waals surface area contributed by atoms with Crippen molar-refractivity contribution in [1.82, 2.24) is 30.5 Å². The van der Waals surface area contributed by atoms with Gasteiger partial charge in [0.1, 0.15) is 5.01 Å². The van der Waals surface area contributed by atoms with Crippen LogP contribution < -0.4 is 10.6 Å². The van der Waals surface area contributed by atoms with E-state index in [1.54, 1.807) is 35.7 Å². The zero-order valence-electron chi connectivity index (χ0n) is 28.0. The van der Waals surface area contributed by atoms with Crippen LogP contribution in [0.3, 0.4) is 0 Å². The number of hydrogen-bond donors (Lipinski definition) is 3. The molecule has 2 aromatic carbocycles. The Morgan fingerprint density at radius 1 is 1.04 bits per heavy atom. The first-order valence-corrected chi connectivity index (χ1v) is 17.6. The molecule has 0 radical (unpaired) electrons. The van der Waals surface area contributed by atoms with E-state index in [4.69, 9.17) is 4.42 Å². The van der Waals surface area contributed by atoms with Gasteiger partial charge in [-0.1, -0.05) is 50.2 Å². The number of carbonyl (C=O) groups excluding carboxylic acids is 2. The predicted octanol–water partition coefficient (Wildman–Crippen LogP) is 6.09. The number of carbonyl (C=O) groups is 2. The van der Waals surface area contributed by atoms with Crippen molar-refractivity contribution in [2.24, 2.45) is 0 Å². The summed E-state index contributed by atoms with van der Waals surface area (Å²) < 4.78 is 5.58. The van der Waals surface area contributed by atoms with E-state index in [0.717, 1.165) is 40.2 Å². The number of likely N-dealkylation sites (tertiary alicyclic amines) is 1. The second kappa shape index (κ2) is 15.7. The van der Waals surface area contributed by atoms with Gasteiger partial charge in [-0.05, 0) is 67.0 Å². The summed E-state index contributed by atoms with van der Waals surface area (Å²) in [4.78, 5) is 43.0. The SMILES string of the molecule is Cc1csc(C2CCCN2C(=O)c2cc(C(=O)N[C@@H](Cc3ccccc3)[C@H](O)CNCc3cncc(C(C)C)c3)cc(-c3cnco3)c2)n1. The molecular formula is C38H42N6O4S. The number of hydrogen-bond acceptors (Lipinski definition) is 9. The lowest BCUT2D eigenvalue weighted by molar-refractivity contribution is 0.0735. The van der Waals surface area contributed by atoms with Crippen molar-refractivity contribution in [2.45, 2.75) is 70.7 Å². The van der Waals surface area contributed by atoms with Gasteiger partial charge in [-0.25, -0.2) is 9.97 Å². The molecule has 1 fully saturated rings. The van der Waals surface area contributed by atoms with Crippen molar-refractivity contribution in [3.63, 3.8) is 0 Å². The summed E-state index contributed by atoms with van der Waals surface area (Å²) in [5.74, 6) is 0.226. The van der Waals surface area contributed by atoms with Crippen LogP contribution in [0, 0.1) is 6.92 Å². The molecule has 49 heavy (non-hydrogen) atoms. The predicted molar refractivity (Wildman–Crippen MR) is 189 cm³/mol. The highest BCUT2D eigenvalue weighted by molar-refractivity contribution is 7.09. The van der Waals surface area contributed by atoms with E-state index in [0.29, 0.717) is 42.3 Å². The molecule has 0 saturated carbocycles. The maximum Gasteiger partial charge on any atom is 0.254 e. The zero-order valence-corrected chi connectivity index (χ0v) is 28.8. The van der Waals surface area contributed by atoms with Crippen LogP contribution in [0.2, 0.25) is 0 Å². The fraction of sp³-hybridized carbons (Fsp3) is 0.342. The first-order valence-electron chi connectivity index (χ1n) is 16.7. The molecule has 1 saturated heterocycles. The van der Waals surface area contributed by atoms with E-state index in [9.17, 15) is 14.7 Å². The third-order valence-electron chi connectivity index (χ3n) is 8.84. The largest absolute Gasteiger partial charge is 0.444 e. The molecule has 0 bridgehead atoms. The fourth-order valence-electron chi connectivity index (χ4n) is 6.17. The normalized spacial score (nSPS) is 15.8. The van der Waals surface area contributed by atoms with Crippen LogP contribution in [0.1, 0.15) is 86.8 Å². The molecule has 1 aliphatic heterocycles. The van der Waals surface area contributed by atoms with Gasteiger partial charge >= 0.3 is 0 Å². The third-order valence-corrected chi connectivity index (χ3v) is 9.90.